The second-order valence-electron chi connectivity index (χ2n) is 14.6. The molecule has 5 heteroatoms. The average molecular weight is 753 g/mol. The molecule has 0 aromatic heterocycles. The highest BCUT2D eigenvalue weighted by molar-refractivity contribution is 5.70. The van der Waals surface area contributed by atoms with Crippen molar-refractivity contribution < 1.29 is 23.8 Å². The van der Waals surface area contributed by atoms with Gasteiger partial charge in [-0.05, 0) is 89.9 Å². The first-order valence-electron chi connectivity index (χ1n) is 22.5. The maximum atomic E-state index is 12.6. The molecule has 0 bridgehead atoms. The average Bonchev–Trinajstić information content (AvgIpc) is 3.17. The molecule has 0 rings (SSSR count). The fourth-order valence-electron chi connectivity index (χ4n) is 5.88. The molecule has 310 valence electrons. The lowest BCUT2D eigenvalue weighted by molar-refractivity contribution is -0.163. The van der Waals surface area contributed by atoms with Crippen LogP contribution in [0.1, 0.15) is 201 Å². The van der Waals surface area contributed by atoms with E-state index in [9.17, 15) is 9.59 Å². The number of ether oxygens (including phenoxy) is 3. The van der Waals surface area contributed by atoms with Gasteiger partial charge >= 0.3 is 11.9 Å². The molecule has 0 aliphatic rings. The van der Waals surface area contributed by atoms with Crippen molar-refractivity contribution in [3.05, 3.63) is 72.9 Å². The van der Waals surface area contributed by atoms with Crippen LogP contribution in [0.2, 0.25) is 0 Å². The SMILES string of the molecule is CC/C=C\C/C=C\C/C=C\CCCCCC(=O)OC(COCCCCCCCC)COC(=O)CCCCCCCC/C=C\C/C=C\C/C=C\CCCCC. The third kappa shape index (κ3) is 42.1. The molecule has 0 saturated heterocycles. The van der Waals surface area contributed by atoms with E-state index in [1.165, 1.54) is 70.6 Å². The number of rotatable bonds is 40. The molecule has 0 aromatic carbocycles. The van der Waals surface area contributed by atoms with Gasteiger partial charge in [-0.2, -0.15) is 0 Å². The summed E-state index contributed by atoms with van der Waals surface area (Å²) in [5.41, 5.74) is 0. The molecule has 0 amide bonds. The summed E-state index contributed by atoms with van der Waals surface area (Å²) in [6.07, 6.45) is 56.2. The minimum atomic E-state index is -0.553. The van der Waals surface area contributed by atoms with Crippen LogP contribution in [0.4, 0.5) is 0 Å². The van der Waals surface area contributed by atoms with E-state index in [0.717, 1.165) is 96.3 Å². The first-order valence-corrected chi connectivity index (χ1v) is 22.5. The van der Waals surface area contributed by atoms with Crippen molar-refractivity contribution in [2.24, 2.45) is 0 Å². The van der Waals surface area contributed by atoms with Crippen molar-refractivity contribution in [1.29, 1.82) is 0 Å². The summed E-state index contributed by atoms with van der Waals surface area (Å²) in [5.74, 6) is -0.452. The predicted octanol–water partition coefficient (Wildman–Crippen LogP) is 14.8. The first-order chi connectivity index (χ1) is 26.6. The summed E-state index contributed by atoms with van der Waals surface area (Å²) in [6.45, 7) is 7.59. The van der Waals surface area contributed by atoms with Crippen LogP contribution < -0.4 is 0 Å². The highest BCUT2D eigenvalue weighted by Gasteiger charge is 2.17. The van der Waals surface area contributed by atoms with Crippen molar-refractivity contribution in [3.8, 4) is 0 Å². The summed E-state index contributed by atoms with van der Waals surface area (Å²) in [5, 5.41) is 0. The van der Waals surface area contributed by atoms with E-state index in [4.69, 9.17) is 14.2 Å². The van der Waals surface area contributed by atoms with E-state index in [1.54, 1.807) is 0 Å². The van der Waals surface area contributed by atoms with Gasteiger partial charge in [0.15, 0.2) is 6.10 Å². The monoisotopic (exact) mass is 753 g/mol. The van der Waals surface area contributed by atoms with Gasteiger partial charge in [0.1, 0.15) is 6.61 Å². The van der Waals surface area contributed by atoms with E-state index in [0.29, 0.717) is 19.4 Å². The number of esters is 2. The fraction of sp³-hybridized carbons (Fsp3) is 0.714. The number of hydrogen-bond acceptors (Lipinski definition) is 5. The third-order valence-electron chi connectivity index (χ3n) is 9.23. The molecule has 0 N–H and O–H groups in total. The van der Waals surface area contributed by atoms with Gasteiger partial charge in [-0.15, -0.1) is 0 Å². The molecule has 0 fully saturated rings. The Balaban J connectivity index is 4.17. The zero-order valence-corrected chi connectivity index (χ0v) is 35.5. The van der Waals surface area contributed by atoms with Gasteiger partial charge in [0.25, 0.3) is 0 Å². The Labute approximate surface area is 334 Å². The zero-order chi connectivity index (χ0) is 39.3. The lowest BCUT2D eigenvalue weighted by atomic mass is 10.1. The predicted molar refractivity (Wildman–Crippen MR) is 233 cm³/mol. The molecule has 0 aliphatic heterocycles. The van der Waals surface area contributed by atoms with Crippen LogP contribution in [0, 0.1) is 0 Å². The zero-order valence-electron chi connectivity index (χ0n) is 35.5. The molecule has 54 heavy (non-hydrogen) atoms. The van der Waals surface area contributed by atoms with Gasteiger partial charge < -0.3 is 14.2 Å². The number of carbonyl (C=O) groups excluding carboxylic acids is 2. The van der Waals surface area contributed by atoms with Crippen LogP contribution in [0.3, 0.4) is 0 Å². The molecule has 1 atom stereocenters. The van der Waals surface area contributed by atoms with Gasteiger partial charge in [-0.1, -0.05) is 171 Å². The quantitative estimate of drug-likeness (QED) is 0.0354. The van der Waals surface area contributed by atoms with Gasteiger partial charge in [-0.3, -0.25) is 9.59 Å². The number of unbranched alkanes of at least 4 members (excludes halogenated alkanes) is 17. The Morgan fingerprint density at radius 2 is 0.833 bits per heavy atom. The van der Waals surface area contributed by atoms with Crippen LogP contribution in [-0.4, -0.2) is 37.9 Å². The van der Waals surface area contributed by atoms with Crippen LogP contribution in [0.25, 0.3) is 0 Å². The van der Waals surface area contributed by atoms with Gasteiger partial charge in [-0.25, -0.2) is 0 Å². The maximum Gasteiger partial charge on any atom is 0.306 e. The Morgan fingerprint density at radius 1 is 0.426 bits per heavy atom. The lowest BCUT2D eigenvalue weighted by Crippen LogP contribution is -2.30. The van der Waals surface area contributed by atoms with Crippen molar-refractivity contribution in [2.45, 2.75) is 207 Å². The van der Waals surface area contributed by atoms with Crippen LogP contribution >= 0.6 is 0 Å². The minimum absolute atomic E-state index is 0.0642. The van der Waals surface area contributed by atoms with Crippen LogP contribution in [0.5, 0.6) is 0 Å². The van der Waals surface area contributed by atoms with Crippen molar-refractivity contribution in [2.75, 3.05) is 19.8 Å². The topological polar surface area (TPSA) is 61.8 Å². The third-order valence-corrected chi connectivity index (χ3v) is 9.23. The highest BCUT2D eigenvalue weighted by atomic mass is 16.6. The summed E-state index contributed by atoms with van der Waals surface area (Å²) in [7, 11) is 0. The smallest absolute Gasteiger partial charge is 0.306 e. The Kier molecular flexibility index (Phi) is 42.5. The molecule has 0 heterocycles. The molecule has 0 radical (unpaired) electrons. The molecule has 1 unspecified atom stereocenters. The Hall–Kier alpha value is -2.66. The molecule has 0 aromatic rings. The van der Waals surface area contributed by atoms with E-state index < -0.39 is 6.10 Å². The van der Waals surface area contributed by atoms with Crippen molar-refractivity contribution in [1.82, 2.24) is 0 Å². The van der Waals surface area contributed by atoms with Crippen molar-refractivity contribution >= 4 is 11.9 Å². The Bertz CT molecular complexity index is 988. The number of allylic oxidation sites excluding steroid dienone is 12. The lowest BCUT2D eigenvalue weighted by Gasteiger charge is -2.18. The van der Waals surface area contributed by atoms with E-state index in [1.807, 2.05) is 0 Å². The summed E-state index contributed by atoms with van der Waals surface area (Å²) in [6, 6.07) is 0. The highest BCUT2D eigenvalue weighted by Crippen LogP contribution is 2.12. The number of carbonyl (C=O) groups is 2. The van der Waals surface area contributed by atoms with Crippen LogP contribution in [0.15, 0.2) is 72.9 Å². The van der Waals surface area contributed by atoms with E-state index in [2.05, 4.69) is 93.7 Å². The van der Waals surface area contributed by atoms with Gasteiger partial charge in [0, 0.05) is 19.4 Å². The molecule has 5 nitrogen and oxygen atoms in total. The second kappa shape index (κ2) is 44.7. The normalized spacial score (nSPS) is 12.9. The van der Waals surface area contributed by atoms with Crippen LogP contribution in [-0.2, 0) is 23.8 Å². The van der Waals surface area contributed by atoms with Gasteiger partial charge in [0.2, 0.25) is 0 Å². The van der Waals surface area contributed by atoms with E-state index in [-0.39, 0.29) is 25.2 Å². The summed E-state index contributed by atoms with van der Waals surface area (Å²) in [4.78, 5) is 25.1. The molecule has 0 spiro atoms. The van der Waals surface area contributed by atoms with E-state index >= 15 is 0 Å². The molecular formula is C49H84O5. The first kappa shape index (κ1) is 51.3. The largest absolute Gasteiger partial charge is 0.462 e. The Morgan fingerprint density at radius 3 is 1.39 bits per heavy atom. The van der Waals surface area contributed by atoms with Gasteiger partial charge in [0.05, 0.1) is 6.61 Å². The molecule has 0 saturated carbocycles. The fourth-order valence-corrected chi connectivity index (χ4v) is 5.88. The number of hydrogen-bond donors (Lipinski definition) is 0. The van der Waals surface area contributed by atoms with Crippen molar-refractivity contribution in [3.63, 3.8) is 0 Å². The minimum Gasteiger partial charge on any atom is -0.462 e. The standard InChI is InChI=1S/C49H84O5/c1-4-7-10-13-16-18-20-22-23-24-25-26-27-29-30-32-34-36-39-42-48(50)53-46-47(45-52-44-41-38-15-12-9-6-3)54-49(51)43-40-37-35-33-31-28-21-19-17-14-11-8-5-2/h8,11,16-19,22-23,25-26,28,31,47H,4-7,9-10,12-15,20-21,24,27,29-30,32-46H2,1-3H3/b11-8-,18-16-,19-17-,23-22-,26-25-,31-28-. The summed E-state index contributed by atoms with van der Waals surface area (Å²) >= 11 is 0. The second-order valence-corrected chi connectivity index (χ2v) is 14.6. The summed E-state index contributed by atoms with van der Waals surface area (Å²) < 4.78 is 17.2. The molecular weight excluding hydrogens is 669 g/mol. The maximum absolute atomic E-state index is 12.6. The molecule has 0 aliphatic carbocycles.